The lowest BCUT2D eigenvalue weighted by Crippen LogP contribution is -2.26. The molecule has 0 aliphatic carbocycles. The number of nitro benzene ring substituents is 2. The molecule has 0 bridgehead atoms. The van der Waals surface area contributed by atoms with Crippen molar-refractivity contribution in [3.8, 4) is 0 Å². The number of rotatable bonds is 2. The molecule has 4 rings (SSSR count). The third kappa shape index (κ3) is 1.56. The van der Waals surface area contributed by atoms with Gasteiger partial charge in [-0.1, -0.05) is 24.3 Å². The standard InChI is InChI=1S/C16H6N2O6/c19-15-9-5-4-7-2-1-3-8-6-10(17(21)22)13(12(9)11(7)8)14(16(15)20)18(23)24/h1-6H. The second kappa shape index (κ2) is 4.42. The first-order valence-corrected chi connectivity index (χ1v) is 6.82. The Bertz CT molecular complexity index is 1300. The molecule has 0 radical (unpaired) electrons. The van der Waals surface area contributed by atoms with Gasteiger partial charge in [0.2, 0.25) is 5.43 Å². The van der Waals surface area contributed by atoms with Gasteiger partial charge in [0.15, 0.2) is 0 Å². The molecule has 4 aromatic rings. The number of nitro groups is 2. The summed E-state index contributed by atoms with van der Waals surface area (Å²) in [5.41, 5.74) is -3.97. The van der Waals surface area contributed by atoms with E-state index in [0.717, 1.165) is 0 Å². The Morgan fingerprint density at radius 1 is 0.750 bits per heavy atom. The van der Waals surface area contributed by atoms with E-state index in [1.165, 1.54) is 12.1 Å². The molecule has 0 fully saturated rings. The van der Waals surface area contributed by atoms with Crippen LogP contribution in [0.3, 0.4) is 0 Å². The van der Waals surface area contributed by atoms with Gasteiger partial charge in [0.05, 0.1) is 9.85 Å². The molecule has 0 aromatic heterocycles. The van der Waals surface area contributed by atoms with Crippen LogP contribution in [0.1, 0.15) is 0 Å². The maximum absolute atomic E-state index is 12.3. The van der Waals surface area contributed by atoms with Crippen LogP contribution in [0.25, 0.3) is 32.3 Å². The first kappa shape index (κ1) is 13.9. The van der Waals surface area contributed by atoms with E-state index in [9.17, 15) is 29.8 Å². The Hall–Kier alpha value is -3.68. The highest BCUT2D eigenvalue weighted by Crippen LogP contribution is 2.41. The monoisotopic (exact) mass is 322 g/mol. The molecule has 0 atom stereocenters. The third-order valence-corrected chi connectivity index (χ3v) is 4.16. The van der Waals surface area contributed by atoms with Gasteiger partial charge in [0.25, 0.3) is 5.69 Å². The van der Waals surface area contributed by atoms with E-state index in [2.05, 4.69) is 0 Å². The van der Waals surface area contributed by atoms with Crippen LogP contribution in [0.2, 0.25) is 0 Å². The fourth-order valence-corrected chi connectivity index (χ4v) is 3.23. The van der Waals surface area contributed by atoms with E-state index >= 15 is 0 Å². The van der Waals surface area contributed by atoms with Gasteiger partial charge in [0, 0.05) is 16.8 Å². The van der Waals surface area contributed by atoms with Crippen molar-refractivity contribution in [2.24, 2.45) is 0 Å². The minimum Gasteiger partial charge on any atom is -0.285 e. The summed E-state index contributed by atoms with van der Waals surface area (Å²) in [5, 5.41) is 24.1. The number of hydrogen-bond acceptors (Lipinski definition) is 6. The van der Waals surface area contributed by atoms with Crippen LogP contribution in [0, 0.1) is 20.2 Å². The smallest absolute Gasteiger partial charge is 0.285 e. The van der Waals surface area contributed by atoms with Crippen molar-refractivity contribution >= 4 is 43.7 Å². The topological polar surface area (TPSA) is 120 Å². The van der Waals surface area contributed by atoms with Crippen molar-refractivity contribution in [2.45, 2.75) is 0 Å². The first-order chi connectivity index (χ1) is 11.4. The van der Waals surface area contributed by atoms with E-state index in [1.54, 1.807) is 24.3 Å². The Morgan fingerprint density at radius 2 is 1.46 bits per heavy atom. The predicted molar refractivity (Wildman–Crippen MR) is 87.2 cm³/mol. The van der Waals surface area contributed by atoms with E-state index in [4.69, 9.17) is 0 Å². The van der Waals surface area contributed by atoms with Crippen molar-refractivity contribution in [1.29, 1.82) is 0 Å². The lowest BCUT2D eigenvalue weighted by molar-refractivity contribution is -0.390. The molecule has 0 aliphatic rings. The second-order valence-electron chi connectivity index (χ2n) is 5.36. The molecule has 0 heterocycles. The molecule has 0 spiro atoms. The largest absolute Gasteiger partial charge is 0.335 e. The molecule has 4 aromatic carbocycles. The number of non-ortho nitro benzene ring substituents is 2. The van der Waals surface area contributed by atoms with Crippen molar-refractivity contribution in [3.05, 3.63) is 77.1 Å². The summed E-state index contributed by atoms with van der Waals surface area (Å²) in [6.07, 6.45) is 0. The first-order valence-electron chi connectivity index (χ1n) is 6.82. The molecular formula is C16H6N2O6. The molecule has 0 saturated carbocycles. The average molecular weight is 322 g/mol. The minimum absolute atomic E-state index is 0.0481. The molecule has 8 heteroatoms. The molecule has 0 unspecified atom stereocenters. The van der Waals surface area contributed by atoms with Crippen LogP contribution in [-0.4, -0.2) is 9.85 Å². The fourth-order valence-electron chi connectivity index (χ4n) is 3.23. The third-order valence-electron chi connectivity index (χ3n) is 4.16. The normalized spacial score (nSPS) is 11.5. The Morgan fingerprint density at radius 3 is 2.12 bits per heavy atom. The fraction of sp³-hybridized carbons (Fsp3) is 0. The number of hydrogen-bond donors (Lipinski definition) is 0. The minimum atomic E-state index is -1.34. The maximum atomic E-state index is 12.3. The molecule has 24 heavy (non-hydrogen) atoms. The van der Waals surface area contributed by atoms with Crippen LogP contribution in [0.15, 0.2) is 46.0 Å². The van der Waals surface area contributed by atoms with Crippen molar-refractivity contribution < 1.29 is 9.85 Å². The van der Waals surface area contributed by atoms with E-state index in [-0.39, 0.29) is 10.8 Å². The SMILES string of the molecule is O=c1c([N+](=O)[O-])c2c([N+](=O)[O-])cc3cccc4ccc(c1=O)c2c43. The van der Waals surface area contributed by atoms with Gasteiger partial charge in [-0.3, -0.25) is 29.8 Å². The molecule has 116 valence electrons. The van der Waals surface area contributed by atoms with Crippen LogP contribution in [0.4, 0.5) is 11.4 Å². The van der Waals surface area contributed by atoms with Gasteiger partial charge in [-0.05, 0) is 22.2 Å². The lowest BCUT2D eigenvalue weighted by Gasteiger charge is -2.10. The number of nitrogens with zero attached hydrogens (tertiary/aromatic N) is 2. The maximum Gasteiger partial charge on any atom is 0.335 e. The summed E-state index contributed by atoms with van der Waals surface area (Å²) < 4.78 is 0. The quantitative estimate of drug-likeness (QED) is 0.242. The summed E-state index contributed by atoms with van der Waals surface area (Å²) in [7, 11) is 0. The Labute approximate surface area is 131 Å². The van der Waals surface area contributed by atoms with Crippen LogP contribution in [0.5, 0.6) is 0 Å². The molecule has 0 amide bonds. The van der Waals surface area contributed by atoms with Gasteiger partial charge in [-0.25, -0.2) is 0 Å². The average Bonchev–Trinajstić information content (AvgIpc) is 2.55. The zero-order valence-electron chi connectivity index (χ0n) is 11.8. The van der Waals surface area contributed by atoms with Crippen LogP contribution >= 0.6 is 0 Å². The zero-order valence-corrected chi connectivity index (χ0v) is 11.8. The van der Waals surface area contributed by atoms with Gasteiger partial charge in [-0.15, -0.1) is 0 Å². The van der Waals surface area contributed by atoms with Gasteiger partial charge >= 0.3 is 11.1 Å². The zero-order chi connectivity index (χ0) is 17.2. The van der Waals surface area contributed by atoms with E-state index < -0.39 is 37.5 Å². The molecule has 0 N–H and O–H groups in total. The van der Waals surface area contributed by atoms with Crippen molar-refractivity contribution in [3.63, 3.8) is 0 Å². The highest BCUT2D eigenvalue weighted by Gasteiger charge is 2.31. The van der Waals surface area contributed by atoms with E-state index in [1.807, 2.05) is 0 Å². The lowest BCUT2D eigenvalue weighted by atomic mass is 9.92. The number of benzene rings is 4. The van der Waals surface area contributed by atoms with Crippen LogP contribution in [-0.2, 0) is 0 Å². The molecule has 0 saturated heterocycles. The summed E-state index contributed by atoms with van der Waals surface area (Å²) >= 11 is 0. The van der Waals surface area contributed by atoms with Gasteiger partial charge in [0.1, 0.15) is 5.39 Å². The van der Waals surface area contributed by atoms with Crippen molar-refractivity contribution in [2.75, 3.05) is 0 Å². The molecule has 0 aliphatic heterocycles. The molecule has 8 nitrogen and oxygen atoms in total. The summed E-state index contributed by atoms with van der Waals surface area (Å²) in [6.45, 7) is 0. The predicted octanol–water partition coefficient (Wildman–Crippen LogP) is 2.56. The molecular weight excluding hydrogens is 316 g/mol. The summed E-state index contributed by atoms with van der Waals surface area (Å²) in [5.74, 6) is 0. The van der Waals surface area contributed by atoms with Crippen LogP contribution < -0.4 is 10.9 Å². The Balaban J connectivity index is 2.54. The van der Waals surface area contributed by atoms with Crippen molar-refractivity contribution in [1.82, 2.24) is 0 Å². The van der Waals surface area contributed by atoms with E-state index in [0.29, 0.717) is 16.2 Å². The second-order valence-corrected chi connectivity index (χ2v) is 5.36. The summed E-state index contributed by atoms with van der Waals surface area (Å²) in [6, 6.07) is 9.23. The van der Waals surface area contributed by atoms with Gasteiger partial charge in [-0.2, -0.15) is 0 Å². The van der Waals surface area contributed by atoms with Gasteiger partial charge < -0.3 is 0 Å². The summed E-state index contributed by atoms with van der Waals surface area (Å²) in [4.78, 5) is 45.3. The Kier molecular flexibility index (Phi) is 2.57. The highest BCUT2D eigenvalue weighted by atomic mass is 16.6. The highest BCUT2D eigenvalue weighted by molar-refractivity contribution is 6.27.